The Labute approximate surface area is 194 Å². The van der Waals surface area contributed by atoms with E-state index in [2.05, 4.69) is 63.7 Å². The van der Waals surface area contributed by atoms with Crippen LogP contribution in [0.2, 0.25) is 0 Å². The van der Waals surface area contributed by atoms with Crippen LogP contribution < -0.4 is 5.32 Å². The second kappa shape index (κ2) is 9.72. The zero-order valence-corrected chi connectivity index (χ0v) is 18.6. The predicted molar refractivity (Wildman–Crippen MR) is 128 cm³/mol. The largest absolute Gasteiger partial charge is 0.370 e. The van der Waals surface area contributed by atoms with Crippen LogP contribution in [0.1, 0.15) is 21.5 Å². The van der Waals surface area contributed by atoms with E-state index >= 15 is 0 Å². The molecule has 0 spiro atoms. The molecule has 2 bridgehead atoms. The summed E-state index contributed by atoms with van der Waals surface area (Å²) in [5.74, 6) is -0.103. The lowest BCUT2D eigenvalue weighted by Gasteiger charge is -2.46. The number of nitrogens with one attached hydrogen (secondary N) is 1. The molecule has 33 heavy (non-hydrogen) atoms. The van der Waals surface area contributed by atoms with Crippen molar-refractivity contribution in [3.05, 3.63) is 83.4 Å². The predicted octanol–water partition coefficient (Wildman–Crippen LogP) is 3.03. The number of morpholine rings is 2. The van der Waals surface area contributed by atoms with Crippen molar-refractivity contribution in [3.8, 4) is 6.07 Å². The number of nitriles is 1. The summed E-state index contributed by atoms with van der Waals surface area (Å²) in [6.07, 6.45) is 0.392. The number of amides is 1. The fraction of sp³-hybridized carbons (Fsp3) is 0.333. The number of carbonyl (C=O) groups excluding carboxylic acids is 1. The molecule has 1 N–H and O–H groups in total. The third-order valence-electron chi connectivity index (χ3n) is 6.50. The number of rotatable bonds is 6. The van der Waals surface area contributed by atoms with Crippen molar-refractivity contribution in [2.24, 2.45) is 0 Å². The molecule has 6 heteroatoms. The smallest absolute Gasteiger partial charge is 0.251 e. The van der Waals surface area contributed by atoms with Gasteiger partial charge in [-0.05, 0) is 40.6 Å². The number of hydrogen-bond acceptors (Lipinski definition) is 5. The molecule has 2 fully saturated rings. The van der Waals surface area contributed by atoms with Crippen LogP contribution in [0.15, 0.2) is 66.7 Å². The van der Waals surface area contributed by atoms with Gasteiger partial charge in [-0.2, -0.15) is 5.26 Å². The Kier molecular flexibility index (Phi) is 6.36. The molecule has 3 aromatic rings. The Balaban J connectivity index is 1.12. The molecule has 2 unspecified atom stereocenters. The van der Waals surface area contributed by atoms with E-state index < -0.39 is 0 Å². The van der Waals surface area contributed by atoms with Crippen LogP contribution in [0, 0.1) is 11.3 Å². The van der Waals surface area contributed by atoms with E-state index in [1.807, 2.05) is 0 Å². The Bertz CT molecular complexity index is 1150. The van der Waals surface area contributed by atoms with E-state index in [1.54, 1.807) is 24.3 Å². The van der Waals surface area contributed by atoms with Crippen molar-refractivity contribution in [2.75, 3.05) is 39.3 Å². The van der Waals surface area contributed by atoms with Gasteiger partial charge in [-0.1, -0.05) is 42.5 Å². The van der Waals surface area contributed by atoms with Crippen molar-refractivity contribution in [2.45, 2.75) is 18.8 Å². The van der Waals surface area contributed by atoms with E-state index in [9.17, 15) is 4.79 Å². The van der Waals surface area contributed by atoms with Crippen molar-refractivity contribution in [3.63, 3.8) is 0 Å². The van der Waals surface area contributed by atoms with E-state index in [0.717, 1.165) is 39.3 Å². The molecule has 0 saturated carbocycles. The van der Waals surface area contributed by atoms with Gasteiger partial charge in [0.15, 0.2) is 0 Å². The molecule has 3 aromatic carbocycles. The van der Waals surface area contributed by atoms with Gasteiger partial charge in [0.25, 0.3) is 5.91 Å². The number of carbonyl (C=O) groups is 1. The summed E-state index contributed by atoms with van der Waals surface area (Å²) in [6, 6.07) is 23.9. The average Bonchev–Trinajstić information content (AvgIpc) is 2.84. The monoisotopic (exact) mass is 440 g/mol. The molecule has 168 valence electrons. The molecule has 6 nitrogen and oxygen atoms in total. The molecule has 0 radical (unpaired) electrons. The molecule has 0 aliphatic carbocycles. The van der Waals surface area contributed by atoms with Crippen LogP contribution in [0.25, 0.3) is 10.8 Å². The van der Waals surface area contributed by atoms with Crippen molar-refractivity contribution < 1.29 is 9.53 Å². The SMILES string of the molecule is N#Cc1ccc(C(=O)NCCN2CC3CN(Cc4cccc5ccccc45)CC(C2)O3)cc1. The van der Waals surface area contributed by atoms with Crippen LogP contribution >= 0.6 is 0 Å². The van der Waals surface area contributed by atoms with Gasteiger partial charge in [-0.15, -0.1) is 0 Å². The van der Waals surface area contributed by atoms with Gasteiger partial charge in [0, 0.05) is 51.4 Å². The second-order valence-corrected chi connectivity index (χ2v) is 8.92. The highest BCUT2D eigenvalue weighted by Crippen LogP contribution is 2.24. The molecule has 2 heterocycles. The van der Waals surface area contributed by atoms with Crippen LogP contribution in [0.4, 0.5) is 0 Å². The third-order valence-corrected chi connectivity index (χ3v) is 6.50. The number of fused-ring (bicyclic) bond motifs is 3. The average molecular weight is 441 g/mol. The van der Waals surface area contributed by atoms with Crippen molar-refractivity contribution in [1.29, 1.82) is 5.26 Å². The Morgan fingerprint density at radius 1 is 0.939 bits per heavy atom. The fourth-order valence-corrected chi connectivity index (χ4v) is 4.97. The molecule has 2 atom stereocenters. The first-order valence-corrected chi connectivity index (χ1v) is 11.5. The van der Waals surface area contributed by atoms with Crippen molar-refractivity contribution in [1.82, 2.24) is 15.1 Å². The van der Waals surface area contributed by atoms with Crippen molar-refractivity contribution >= 4 is 16.7 Å². The molecule has 5 rings (SSSR count). The molecule has 2 aliphatic rings. The lowest BCUT2D eigenvalue weighted by Crippen LogP contribution is -2.59. The van der Waals surface area contributed by atoms with Crippen LogP contribution in [0.5, 0.6) is 0 Å². The first-order valence-electron chi connectivity index (χ1n) is 11.5. The molecule has 1 amide bonds. The molecular formula is C27H28N4O2. The minimum Gasteiger partial charge on any atom is -0.370 e. The van der Waals surface area contributed by atoms with Gasteiger partial charge in [0.2, 0.25) is 0 Å². The summed E-state index contributed by atoms with van der Waals surface area (Å²) in [5, 5.41) is 14.5. The maximum Gasteiger partial charge on any atom is 0.251 e. The first-order chi connectivity index (χ1) is 16.2. The second-order valence-electron chi connectivity index (χ2n) is 8.92. The minimum atomic E-state index is -0.103. The highest BCUT2D eigenvalue weighted by atomic mass is 16.5. The molecule has 2 aliphatic heterocycles. The van der Waals surface area contributed by atoms with Gasteiger partial charge in [0.05, 0.1) is 23.8 Å². The van der Waals surface area contributed by atoms with E-state index in [0.29, 0.717) is 17.7 Å². The zero-order valence-electron chi connectivity index (χ0n) is 18.6. The highest BCUT2D eigenvalue weighted by molar-refractivity contribution is 5.94. The summed E-state index contributed by atoms with van der Waals surface area (Å²) in [5.41, 5.74) is 2.51. The normalized spacial score (nSPS) is 20.9. The van der Waals surface area contributed by atoms with Crippen LogP contribution in [-0.2, 0) is 11.3 Å². The molecular weight excluding hydrogens is 412 g/mol. The Morgan fingerprint density at radius 2 is 1.64 bits per heavy atom. The number of nitrogens with zero attached hydrogens (tertiary/aromatic N) is 3. The standard InChI is InChI=1S/C27H28N4O2/c28-14-20-8-10-22(11-9-20)27(32)29-12-13-30-16-24-18-31(19-25(17-30)33-24)15-23-6-3-5-21-4-1-2-7-26(21)23/h1-11,24-25H,12-13,15-19H2,(H,29,32). The fourth-order valence-electron chi connectivity index (χ4n) is 4.97. The Morgan fingerprint density at radius 3 is 2.39 bits per heavy atom. The lowest BCUT2D eigenvalue weighted by molar-refractivity contribution is -0.139. The van der Waals surface area contributed by atoms with Crippen LogP contribution in [0.3, 0.4) is 0 Å². The molecule has 2 saturated heterocycles. The summed E-state index contributed by atoms with van der Waals surface area (Å²) in [4.78, 5) is 17.3. The minimum absolute atomic E-state index is 0.103. The summed E-state index contributed by atoms with van der Waals surface area (Å²) in [6.45, 7) is 5.96. The maximum atomic E-state index is 12.3. The summed E-state index contributed by atoms with van der Waals surface area (Å²) < 4.78 is 6.23. The summed E-state index contributed by atoms with van der Waals surface area (Å²) >= 11 is 0. The topological polar surface area (TPSA) is 68.6 Å². The van der Waals surface area contributed by atoms with E-state index in [1.165, 1.54) is 16.3 Å². The number of ether oxygens (including phenoxy) is 1. The number of hydrogen-bond donors (Lipinski definition) is 1. The quantitative estimate of drug-likeness (QED) is 0.638. The number of benzene rings is 3. The van der Waals surface area contributed by atoms with Crippen LogP contribution in [-0.4, -0.2) is 67.2 Å². The van der Waals surface area contributed by atoms with Gasteiger partial charge in [0.1, 0.15) is 0 Å². The van der Waals surface area contributed by atoms with Gasteiger partial charge < -0.3 is 10.1 Å². The summed E-state index contributed by atoms with van der Waals surface area (Å²) in [7, 11) is 0. The van der Waals surface area contributed by atoms with Gasteiger partial charge in [-0.3, -0.25) is 14.6 Å². The van der Waals surface area contributed by atoms with Gasteiger partial charge in [-0.25, -0.2) is 0 Å². The third kappa shape index (κ3) is 5.07. The highest BCUT2D eigenvalue weighted by Gasteiger charge is 2.34. The first kappa shape index (κ1) is 21.6. The maximum absolute atomic E-state index is 12.3. The lowest BCUT2D eigenvalue weighted by atomic mass is 10.0. The zero-order chi connectivity index (χ0) is 22.6. The van der Waals surface area contributed by atoms with E-state index in [4.69, 9.17) is 10.00 Å². The Hall–Kier alpha value is -3.24. The van der Waals surface area contributed by atoms with Gasteiger partial charge >= 0.3 is 0 Å². The van der Waals surface area contributed by atoms with E-state index in [-0.39, 0.29) is 18.1 Å². The molecule has 0 aromatic heterocycles.